The lowest BCUT2D eigenvalue weighted by Crippen LogP contribution is -2.35. The van der Waals surface area contributed by atoms with Gasteiger partial charge in [0.15, 0.2) is 0 Å². The van der Waals surface area contributed by atoms with Gasteiger partial charge in [0.1, 0.15) is 0 Å². The summed E-state index contributed by atoms with van der Waals surface area (Å²) in [6.45, 7) is 4.53. The molecule has 0 aliphatic carbocycles. The van der Waals surface area contributed by atoms with Gasteiger partial charge >= 0.3 is 0 Å². The Hall–Kier alpha value is -1.55. The van der Waals surface area contributed by atoms with Gasteiger partial charge in [-0.05, 0) is 11.1 Å². The van der Waals surface area contributed by atoms with Gasteiger partial charge in [0, 0.05) is 30.2 Å². The molecule has 0 aromatic heterocycles. The lowest BCUT2D eigenvalue weighted by molar-refractivity contribution is 0.0342. The minimum atomic E-state index is 0.660. The lowest BCUT2D eigenvalue weighted by atomic mass is 10.2. The van der Waals surface area contributed by atoms with Crippen LogP contribution < -0.4 is 0 Å². The van der Waals surface area contributed by atoms with Crippen LogP contribution in [0.2, 0.25) is 0 Å². The van der Waals surface area contributed by atoms with Crippen LogP contribution in [0.5, 0.6) is 0 Å². The predicted molar refractivity (Wildman–Crippen MR) is 61.3 cm³/mol. The molecule has 5 heteroatoms. The van der Waals surface area contributed by atoms with E-state index in [0.29, 0.717) is 5.69 Å². The van der Waals surface area contributed by atoms with E-state index in [1.807, 2.05) is 24.3 Å². The average molecular weight is 218 g/mol. The Morgan fingerprint density at radius 3 is 2.56 bits per heavy atom. The molecule has 1 saturated heterocycles. The fourth-order valence-electron chi connectivity index (χ4n) is 1.74. The molecule has 0 saturated carbocycles. The number of rotatable bonds is 3. The van der Waals surface area contributed by atoms with Crippen molar-refractivity contribution in [3.8, 4) is 0 Å². The first kappa shape index (κ1) is 11.0. The summed E-state index contributed by atoms with van der Waals surface area (Å²) in [5.41, 5.74) is 10.2. The second-order valence-corrected chi connectivity index (χ2v) is 3.74. The molecule has 0 radical (unpaired) electrons. The summed E-state index contributed by atoms with van der Waals surface area (Å²) in [5.74, 6) is 0. The van der Waals surface area contributed by atoms with E-state index in [1.165, 1.54) is 5.56 Å². The summed E-state index contributed by atoms with van der Waals surface area (Å²) in [7, 11) is 0. The molecule has 0 spiro atoms. The maximum absolute atomic E-state index is 8.29. The van der Waals surface area contributed by atoms with Crippen LogP contribution in [0.25, 0.3) is 10.4 Å². The molecule has 1 fully saturated rings. The van der Waals surface area contributed by atoms with Gasteiger partial charge < -0.3 is 4.74 Å². The molecule has 5 nitrogen and oxygen atoms in total. The van der Waals surface area contributed by atoms with Crippen molar-refractivity contribution in [3.63, 3.8) is 0 Å². The Labute approximate surface area is 94.3 Å². The van der Waals surface area contributed by atoms with Crippen LogP contribution in [0.4, 0.5) is 5.69 Å². The van der Waals surface area contributed by atoms with Crippen molar-refractivity contribution in [1.82, 2.24) is 4.90 Å². The highest BCUT2D eigenvalue weighted by molar-refractivity contribution is 5.38. The molecule has 0 N–H and O–H groups in total. The second-order valence-electron chi connectivity index (χ2n) is 3.74. The maximum atomic E-state index is 8.29. The third kappa shape index (κ3) is 2.97. The summed E-state index contributed by atoms with van der Waals surface area (Å²) in [6, 6.07) is 7.68. The molecule has 0 bridgehead atoms. The topological polar surface area (TPSA) is 61.2 Å². The number of benzene rings is 1. The molecule has 1 aliphatic heterocycles. The molecule has 1 aromatic rings. The van der Waals surface area contributed by atoms with Gasteiger partial charge in [-0.1, -0.05) is 29.4 Å². The Morgan fingerprint density at radius 2 is 1.94 bits per heavy atom. The zero-order valence-electron chi connectivity index (χ0n) is 9.04. The van der Waals surface area contributed by atoms with Crippen LogP contribution in [-0.4, -0.2) is 31.2 Å². The quantitative estimate of drug-likeness (QED) is 0.444. The van der Waals surface area contributed by atoms with Crippen molar-refractivity contribution in [2.24, 2.45) is 5.11 Å². The first-order chi connectivity index (χ1) is 7.88. The fourth-order valence-corrected chi connectivity index (χ4v) is 1.74. The highest BCUT2D eigenvalue weighted by Crippen LogP contribution is 2.14. The third-order valence-electron chi connectivity index (χ3n) is 2.61. The van der Waals surface area contributed by atoms with Crippen LogP contribution in [-0.2, 0) is 11.3 Å². The Morgan fingerprint density at radius 1 is 1.25 bits per heavy atom. The molecular weight excluding hydrogens is 204 g/mol. The average Bonchev–Trinajstić information content (AvgIpc) is 2.33. The van der Waals surface area contributed by atoms with Gasteiger partial charge in [-0.15, -0.1) is 0 Å². The standard InChI is InChI=1S/C11H14N4O/c12-14-13-11-3-1-10(2-4-11)9-15-5-7-16-8-6-15/h1-4H,5-9H2. The molecule has 0 amide bonds. The van der Waals surface area contributed by atoms with Crippen molar-refractivity contribution in [3.05, 3.63) is 40.3 Å². The minimum Gasteiger partial charge on any atom is -0.379 e. The van der Waals surface area contributed by atoms with Gasteiger partial charge in [0.05, 0.1) is 13.2 Å². The summed E-state index contributed by atoms with van der Waals surface area (Å²) in [4.78, 5) is 5.10. The fraction of sp³-hybridized carbons (Fsp3) is 0.455. The van der Waals surface area contributed by atoms with E-state index in [2.05, 4.69) is 14.9 Å². The van der Waals surface area contributed by atoms with E-state index < -0.39 is 0 Å². The number of nitrogens with zero attached hydrogens (tertiary/aromatic N) is 4. The van der Waals surface area contributed by atoms with Crippen molar-refractivity contribution < 1.29 is 4.74 Å². The smallest absolute Gasteiger partial charge is 0.0594 e. The van der Waals surface area contributed by atoms with Crippen molar-refractivity contribution in [2.45, 2.75) is 6.54 Å². The van der Waals surface area contributed by atoms with Crippen LogP contribution >= 0.6 is 0 Å². The predicted octanol–water partition coefficient (Wildman–Crippen LogP) is 2.46. The van der Waals surface area contributed by atoms with E-state index in [-0.39, 0.29) is 0 Å². The first-order valence-corrected chi connectivity index (χ1v) is 5.32. The molecule has 1 aromatic carbocycles. The Bertz CT molecular complexity index is 377. The van der Waals surface area contributed by atoms with Gasteiger partial charge in [0.2, 0.25) is 0 Å². The van der Waals surface area contributed by atoms with Gasteiger partial charge in [-0.25, -0.2) is 0 Å². The van der Waals surface area contributed by atoms with Crippen LogP contribution in [0.15, 0.2) is 29.4 Å². The maximum Gasteiger partial charge on any atom is 0.0594 e. The zero-order chi connectivity index (χ0) is 11.2. The van der Waals surface area contributed by atoms with E-state index in [1.54, 1.807) is 0 Å². The van der Waals surface area contributed by atoms with Crippen molar-refractivity contribution in [2.75, 3.05) is 26.3 Å². The largest absolute Gasteiger partial charge is 0.379 e. The second kappa shape index (κ2) is 5.51. The molecular formula is C11H14N4O. The third-order valence-corrected chi connectivity index (χ3v) is 2.61. The number of ether oxygens (including phenoxy) is 1. The zero-order valence-corrected chi connectivity index (χ0v) is 9.04. The number of hydrogen-bond donors (Lipinski definition) is 0. The monoisotopic (exact) mass is 218 g/mol. The SMILES string of the molecule is [N-]=[N+]=Nc1ccc(CN2CCOCC2)cc1. The molecule has 16 heavy (non-hydrogen) atoms. The number of morpholine rings is 1. The van der Waals surface area contributed by atoms with Gasteiger partial charge in [-0.2, -0.15) is 0 Å². The first-order valence-electron chi connectivity index (χ1n) is 5.32. The Balaban J connectivity index is 1.96. The van der Waals surface area contributed by atoms with Crippen molar-refractivity contribution >= 4 is 5.69 Å². The van der Waals surface area contributed by atoms with E-state index >= 15 is 0 Å². The van der Waals surface area contributed by atoms with Crippen LogP contribution in [0.1, 0.15) is 5.56 Å². The summed E-state index contributed by atoms with van der Waals surface area (Å²) in [5, 5.41) is 3.54. The van der Waals surface area contributed by atoms with Crippen LogP contribution in [0, 0.1) is 0 Å². The normalized spacial score (nSPS) is 16.8. The highest BCUT2D eigenvalue weighted by Gasteiger charge is 2.10. The van der Waals surface area contributed by atoms with E-state index in [0.717, 1.165) is 32.8 Å². The molecule has 0 unspecified atom stereocenters. The molecule has 84 valence electrons. The van der Waals surface area contributed by atoms with Crippen LogP contribution in [0.3, 0.4) is 0 Å². The van der Waals surface area contributed by atoms with Gasteiger partial charge in [-0.3, -0.25) is 4.90 Å². The molecule has 0 atom stereocenters. The minimum absolute atomic E-state index is 0.660. The van der Waals surface area contributed by atoms with E-state index in [9.17, 15) is 0 Å². The summed E-state index contributed by atoms with van der Waals surface area (Å²) >= 11 is 0. The number of azide groups is 1. The molecule has 1 heterocycles. The van der Waals surface area contributed by atoms with E-state index in [4.69, 9.17) is 10.3 Å². The van der Waals surface area contributed by atoms with Gasteiger partial charge in [0.25, 0.3) is 0 Å². The Kier molecular flexibility index (Phi) is 3.77. The molecule has 2 rings (SSSR count). The lowest BCUT2D eigenvalue weighted by Gasteiger charge is -2.26. The summed E-state index contributed by atoms with van der Waals surface area (Å²) < 4.78 is 5.29. The number of hydrogen-bond acceptors (Lipinski definition) is 3. The summed E-state index contributed by atoms with van der Waals surface area (Å²) in [6.07, 6.45) is 0. The molecule has 1 aliphatic rings. The van der Waals surface area contributed by atoms with Crippen molar-refractivity contribution in [1.29, 1.82) is 0 Å². The highest BCUT2D eigenvalue weighted by atomic mass is 16.5.